The van der Waals surface area contributed by atoms with E-state index >= 15 is 0 Å². The molecule has 0 aliphatic carbocycles. The summed E-state index contributed by atoms with van der Waals surface area (Å²) in [4.78, 5) is 11.1. The van der Waals surface area contributed by atoms with Crippen molar-refractivity contribution in [3.63, 3.8) is 0 Å². The van der Waals surface area contributed by atoms with E-state index in [0.717, 1.165) is 3.57 Å². The fraction of sp³-hybridized carbons (Fsp3) is 0.300. The Hall–Kier alpha value is -0.630. The second-order valence-electron chi connectivity index (χ2n) is 3.10. The van der Waals surface area contributed by atoms with Crippen LogP contribution in [0.2, 0.25) is 0 Å². The minimum Gasteiger partial charge on any atom is -0.469 e. The summed E-state index contributed by atoms with van der Waals surface area (Å²) in [5.74, 6) is -0.741. The van der Waals surface area contributed by atoms with E-state index < -0.39 is 15.8 Å². The summed E-state index contributed by atoms with van der Waals surface area (Å²) >= 11 is 2.09. The number of methoxy groups -OCH3 is 1. The maximum Gasteiger partial charge on any atom is 0.306 e. The molecule has 0 amide bonds. The largest absolute Gasteiger partial charge is 0.469 e. The normalized spacial score (nSPS) is 11.1. The topological polar surface area (TPSA) is 60.4 Å². The Labute approximate surface area is 108 Å². The number of hydrogen-bond donors (Lipinski definition) is 0. The van der Waals surface area contributed by atoms with E-state index in [4.69, 9.17) is 0 Å². The quantitative estimate of drug-likeness (QED) is 0.609. The van der Waals surface area contributed by atoms with Gasteiger partial charge in [0.25, 0.3) is 0 Å². The number of benzene rings is 1. The molecule has 0 unspecified atom stereocenters. The van der Waals surface area contributed by atoms with Crippen LogP contribution in [0, 0.1) is 3.57 Å². The standard InChI is InChI=1S/C10H11IO4S/c1-15-10(12)6-7-16(13,14)9-4-2-8(11)3-5-9/h2-5H,6-7H2,1H3. The van der Waals surface area contributed by atoms with E-state index in [9.17, 15) is 13.2 Å². The van der Waals surface area contributed by atoms with E-state index in [1.807, 2.05) is 0 Å². The molecule has 0 fully saturated rings. The smallest absolute Gasteiger partial charge is 0.306 e. The fourth-order valence-electron chi connectivity index (χ4n) is 1.08. The van der Waals surface area contributed by atoms with Crippen LogP contribution in [-0.2, 0) is 19.4 Å². The molecular weight excluding hydrogens is 343 g/mol. The van der Waals surface area contributed by atoms with Crippen LogP contribution < -0.4 is 0 Å². The van der Waals surface area contributed by atoms with Gasteiger partial charge in [-0.3, -0.25) is 4.79 Å². The van der Waals surface area contributed by atoms with Crippen LogP contribution in [0.5, 0.6) is 0 Å². The summed E-state index contributed by atoms with van der Waals surface area (Å²) in [6, 6.07) is 6.50. The minimum atomic E-state index is -3.39. The van der Waals surface area contributed by atoms with Gasteiger partial charge in [-0.25, -0.2) is 8.42 Å². The molecular formula is C10H11IO4S. The van der Waals surface area contributed by atoms with Crippen LogP contribution in [-0.4, -0.2) is 27.2 Å². The lowest BCUT2D eigenvalue weighted by atomic mass is 10.4. The monoisotopic (exact) mass is 354 g/mol. The number of esters is 1. The Morgan fingerprint density at radius 3 is 2.38 bits per heavy atom. The van der Waals surface area contributed by atoms with Crippen molar-refractivity contribution in [2.75, 3.05) is 12.9 Å². The van der Waals surface area contributed by atoms with E-state index in [1.54, 1.807) is 12.1 Å². The lowest BCUT2D eigenvalue weighted by molar-refractivity contribution is -0.140. The first kappa shape index (κ1) is 13.4. The fourth-order valence-corrected chi connectivity index (χ4v) is 2.66. The van der Waals surface area contributed by atoms with E-state index in [-0.39, 0.29) is 17.1 Å². The molecule has 0 atom stereocenters. The number of carbonyl (C=O) groups excluding carboxylic acids is 1. The van der Waals surface area contributed by atoms with Gasteiger partial charge in [0.2, 0.25) is 0 Å². The number of hydrogen-bond acceptors (Lipinski definition) is 4. The molecule has 0 saturated heterocycles. The molecule has 1 aromatic rings. The minimum absolute atomic E-state index is 0.120. The van der Waals surface area contributed by atoms with Gasteiger partial charge in [0, 0.05) is 3.57 Å². The van der Waals surface area contributed by atoms with Gasteiger partial charge in [-0.2, -0.15) is 0 Å². The Morgan fingerprint density at radius 1 is 1.31 bits per heavy atom. The molecule has 0 aromatic heterocycles. The molecule has 0 spiro atoms. The van der Waals surface area contributed by atoms with Crippen LogP contribution >= 0.6 is 22.6 Å². The molecule has 0 aliphatic heterocycles. The third kappa shape index (κ3) is 3.75. The predicted molar refractivity (Wildman–Crippen MR) is 67.8 cm³/mol. The zero-order chi connectivity index (χ0) is 12.2. The number of carbonyl (C=O) groups is 1. The third-order valence-corrected chi connectivity index (χ3v) is 4.43. The highest BCUT2D eigenvalue weighted by Gasteiger charge is 2.16. The van der Waals surface area contributed by atoms with Crippen molar-refractivity contribution in [3.05, 3.63) is 27.8 Å². The summed E-state index contributed by atoms with van der Waals surface area (Å²) in [5, 5.41) is 0. The zero-order valence-electron chi connectivity index (χ0n) is 8.64. The number of rotatable bonds is 4. The molecule has 1 rings (SSSR count). The van der Waals surface area contributed by atoms with Crippen molar-refractivity contribution in [1.29, 1.82) is 0 Å². The van der Waals surface area contributed by atoms with Crippen molar-refractivity contribution in [3.8, 4) is 0 Å². The lowest BCUT2D eigenvalue weighted by Gasteiger charge is -2.03. The highest BCUT2D eigenvalue weighted by Crippen LogP contribution is 2.14. The van der Waals surface area contributed by atoms with Crippen molar-refractivity contribution in [2.24, 2.45) is 0 Å². The van der Waals surface area contributed by atoms with Crippen molar-refractivity contribution in [1.82, 2.24) is 0 Å². The molecule has 0 radical (unpaired) electrons. The summed E-state index contributed by atoms with van der Waals surface area (Å²) in [6.45, 7) is 0. The first-order valence-corrected chi connectivity index (χ1v) is 7.24. The highest BCUT2D eigenvalue weighted by atomic mass is 127. The maximum atomic E-state index is 11.8. The first-order chi connectivity index (χ1) is 7.45. The molecule has 1 aromatic carbocycles. The van der Waals surface area contributed by atoms with Crippen molar-refractivity contribution >= 4 is 38.4 Å². The van der Waals surface area contributed by atoms with Crippen LogP contribution in [0.1, 0.15) is 6.42 Å². The molecule has 0 saturated carbocycles. The Bertz CT molecular complexity index is 464. The molecule has 4 nitrogen and oxygen atoms in total. The van der Waals surface area contributed by atoms with Gasteiger partial charge in [-0.15, -0.1) is 0 Å². The molecule has 6 heteroatoms. The molecule has 0 heterocycles. The van der Waals surface area contributed by atoms with Crippen molar-refractivity contribution < 1.29 is 17.9 Å². The van der Waals surface area contributed by atoms with E-state index in [0.29, 0.717) is 0 Å². The molecule has 0 bridgehead atoms. The summed E-state index contributed by atoms with van der Waals surface area (Å²) in [5.41, 5.74) is 0. The average Bonchev–Trinajstić information content (AvgIpc) is 2.26. The number of halogens is 1. The number of ether oxygens (including phenoxy) is 1. The van der Waals surface area contributed by atoms with Gasteiger partial charge >= 0.3 is 5.97 Å². The predicted octanol–water partition coefficient (Wildman–Crippen LogP) is 1.63. The molecule has 88 valence electrons. The Morgan fingerprint density at radius 2 is 1.88 bits per heavy atom. The summed E-state index contributed by atoms with van der Waals surface area (Å²) in [6.07, 6.45) is -0.120. The van der Waals surface area contributed by atoms with Crippen molar-refractivity contribution in [2.45, 2.75) is 11.3 Å². The molecule has 0 N–H and O–H groups in total. The van der Waals surface area contributed by atoms with E-state index in [2.05, 4.69) is 27.3 Å². The van der Waals surface area contributed by atoms with Gasteiger partial charge in [-0.05, 0) is 46.9 Å². The number of sulfone groups is 1. The Balaban J connectivity index is 2.78. The summed E-state index contributed by atoms with van der Waals surface area (Å²) < 4.78 is 28.9. The Kier molecular flexibility index (Phi) is 4.72. The zero-order valence-corrected chi connectivity index (χ0v) is 11.6. The lowest BCUT2D eigenvalue weighted by Crippen LogP contribution is -2.12. The van der Waals surface area contributed by atoms with Gasteiger partial charge in [0.1, 0.15) is 0 Å². The first-order valence-electron chi connectivity index (χ1n) is 4.51. The van der Waals surface area contributed by atoms with Gasteiger partial charge in [0.05, 0.1) is 24.2 Å². The van der Waals surface area contributed by atoms with Crippen LogP contribution in [0.15, 0.2) is 29.2 Å². The van der Waals surface area contributed by atoms with Crippen LogP contribution in [0.25, 0.3) is 0 Å². The van der Waals surface area contributed by atoms with Gasteiger partial charge < -0.3 is 4.74 Å². The highest BCUT2D eigenvalue weighted by molar-refractivity contribution is 14.1. The third-order valence-electron chi connectivity index (χ3n) is 1.98. The van der Waals surface area contributed by atoms with Gasteiger partial charge in [0.15, 0.2) is 9.84 Å². The SMILES string of the molecule is COC(=O)CCS(=O)(=O)c1ccc(I)cc1. The molecule has 16 heavy (non-hydrogen) atoms. The second-order valence-corrected chi connectivity index (χ2v) is 6.45. The maximum absolute atomic E-state index is 11.8. The second kappa shape index (κ2) is 5.62. The summed E-state index contributed by atoms with van der Waals surface area (Å²) in [7, 11) is -2.15. The average molecular weight is 354 g/mol. The molecule has 0 aliphatic rings. The van der Waals surface area contributed by atoms with Crippen LogP contribution in [0.3, 0.4) is 0 Å². The van der Waals surface area contributed by atoms with Crippen LogP contribution in [0.4, 0.5) is 0 Å². The van der Waals surface area contributed by atoms with E-state index in [1.165, 1.54) is 19.2 Å². The van der Waals surface area contributed by atoms with Gasteiger partial charge in [-0.1, -0.05) is 0 Å².